The van der Waals surface area contributed by atoms with Crippen LogP contribution in [0.5, 0.6) is 0 Å². The summed E-state index contributed by atoms with van der Waals surface area (Å²) in [5.41, 5.74) is -0.298. The molecular weight excluding hydrogens is 364 g/mol. The molecular formula is C26H31F2N. The highest BCUT2D eigenvalue weighted by atomic mass is 19.1. The SMILES string of the molecule is CCCC1CCC(C2CCC(C=CC#Cc3cc(F)c(C#N)c(F)c3)CC2)CC1. The Labute approximate surface area is 174 Å². The Balaban J connectivity index is 1.45. The standard InChI is InChI=1S/C26H31F2N/c1-2-5-19-8-12-22(13-9-19)23-14-10-20(11-15-23)6-3-4-7-21-16-25(27)24(18-29)26(28)17-21/h3,6,16-17,19-20,22-23H,2,5,8-15H2,1H3. The van der Waals surface area contributed by atoms with Crippen LogP contribution in [-0.4, -0.2) is 0 Å². The third-order valence-corrected chi connectivity index (χ3v) is 6.89. The molecule has 0 aliphatic heterocycles. The molecule has 0 N–H and O–H groups in total. The molecule has 2 aliphatic carbocycles. The van der Waals surface area contributed by atoms with E-state index in [0.29, 0.717) is 5.92 Å². The average Bonchev–Trinajstić information content (AvgIpc) is 2.72. The Kier molecular flexibility index (Phi) is 7.88. The molecule has 0 amide bonds. The maximum Gasteiger partial charge on any atom is 0.145 e. The van der Waals surface area contributed by atoms with Gasteiger partial charge in [0.25, 0.3) is 0 Å². The molecule has 29 heavy (non-hydrogen) atoms. The Hall–Kier alpha value is -2.13. The van der Waals surface area contributed by atoms with Crippen LogP contribution in [0.15, 0.2) is 24.3 Å². The molecule has 0 unspecified atom stereocenters. The van der Waals surface area contributed by atoms with Crippen molar-refractivity contribution < 1.29 is 8.78 Å². The van der Waals surface area contributed by atoms with Crippen LogP contribution >= 0.6 is 0 Å². The summed E-state index contributed by atoms with van der Waals surface area (Å²) in [6.45, 7) is 2.30. The number of hydrogen-bond acceptors (Lipinski definition) is 1. The molecule has 0 saturated heterocycles. The quantitative estimate of drug-likeness (QED) is 0.496. The summed E-state index contributed by atoms with van der Waals surface area (Å²) in [5.74, 6) is 7.31. The summed E-state index contributed by atoms with van der Waals surface area (Å²) in [6.07, 6.45) is 17.5. The number of nitrogens with zero attached hydrogens (tertiary/aromatic N) is 1. The molecule has 0 atom stereocenters. The Bertz CT molecular complexity index is 784. The minimum absolute atomic E-state index is 0.256. The zero-order valence-electron chi connectivity index (χ0n) is 17.4. The van der Waals surface area contributed by atoms with Crippen LogP contribution in [0.2, 0.25) is 0 Å². The van der Waals surface area contributed by atoms with Crippen molar-refractivity contribution in [1.29, 1.82) is 5.26 Å². The molecule has 1 aromatic rings. The molecule has 1 aromatic carbocycles. The van der Waals surface area contributed by atoms with Crippen molar-refractivity contribution >= 4 is 0 Å². The van der Waals surface area contributed by atoms with Crippen molar-refractivity contribution in [2.75, 3.05) is 0 Å². The van der Waals surface area contributed by atoms with E-state index in [4.69, 9.17) is 5.26 Å². The maximum atomic E-state index is 13.6. The minimum atomic E-state index is -0.858. The van der Waals surface area contributed by atoms with Gasteiger partial charge in [0, 0.05) is 5.56 Å². The predicted octanol–water partition coefficient (Wildman–Crippen LogP) is 7.16. The van der Waals surface area contributed by atoms with E-state index in [2.05, 4.69) is 24.8 Å². The van der Waals surface area contributed by atoms with Gasteiger partial charge in [-0.2, -0.15) is 5.26 Å². The third-order valence-electron chi connectivity index (χ3n) is 6.89. The normalized spacial score (nSPS) is 27.2. The van der Waals surface area contributed by atoms with Crippen molar-refractivity contribution in [3.8, 4) is 17.9 Å². The summed E-state index contributed by atoms with van der Waals surface area (Å²) in [5, 5.41) is 8.71. The third kappa shape index (κ3) is 5.93. The molecule has 0 heterocycles. The number of halogens is 2. The highest BCUT2D eigenvalue weighted by Gasteiger charge is 2.29. The number of rotatable bonds is 4. The van der Waals surface area contributed by atoms with E-state index in [1.54, 1.807) is 0 Å². The summed E-state index contributed by atoms with van der Waals surface area (Å²) in [7, 11) is 0. The van der Waals surface area contributed by atoms with E-state index in [-0.39, 0.29) is 5.56 Å². The predicted molar refractivity (Wildman–Crippen MR) is 113 cm³/mol. The first-order valence-corrected chi connectivity index (χ1v) is 11.2. The summed E-state index contributed by atoms with van der Waals surface area (Å²) < 4.78 is 27.2. The van der Waals surface area contributed by atoms with Gasteiger partial charge in [0.05, 0.1) is 0 Å². The summed E-state index contributed by atoms with van der Waals surface area (Å²) in [6, 6.07) is 3.75. The van der Waals surface area contributed by atoms with Crippen LogP contribution in [0.25, 0.3) is 0 Å². The van der Waals surface area contributed by atoms with Crippen molar-refractivity contribution in [3.63, 3.8) is 0 Å². The van der Waals surface area contributed by atoms with Crippen LogP contribution in [-0.2, 0) is 0 Å². The van der Waals surface area contributed by atoms with E-state index in [0.717, 1.165) is 29.9 Å². The first-order chi connectivity index (χ1) is 14.1. The van der Waals surface area contributed by atoms with Crippen molar-refractivity contribution in [1.82, 2.24) is 0 Å². The highest BCUT2D eigenvalue weighted by Crippen LogP contribution is 2.42. The lowest BCUT2D eigenvalue weighted by molar-refractivity contribution is 0.152. The number of hydrogen-bond donors (Lipinski definition) is 0. The van der Waals surface area contributed by atoms with Gasteiger partial charge in [0.2, 0.25) is 0 Å². The second-order valence-electron chi connectivity index (χ2n) is 8.80. The highest BCUT2D eigenvalue weighted by molar-refractivity contribution is 5.43. The molecule has 3 heteroatoms. The topological polar surface area (TPSA) is 23.8 Å². The zero-order chi connectivity index (χ0) is 20.6. The molecule has 0 spiro atoms. The molecule has 0 bridgehead atoms. The number of allylic oxidation sites excluding steroid dienone is 2. The van der Waals surface area contributed by atoms with E-state index >= 15 is 0 Å². The number of nitriles is 1. The smallest absolute Gasteiger partial charge is 0.145 e. The minimum Gasteiger partial charge on any atom is -0.205 e. The molecule has 154 valence electrons. The van der Waals surface area contributed by atoms with Crippen LogP contribution in [0, 0.1) is 58.5 Å². The van der Waals surface area contributed by atoms with Gasteiger partial charge in [0.1, 0.15) is 23.3 Å². The van der Waals surface area contributed by atoms with E-state index < -0.39 is 17.2 Å². The Morgan fingerprint density at radius 1 is 0.966 bits per heavy atom. The van der Waals surface area contributed by atoms with Gasteiger partial charge in [0.15, 0.2) is 0 Å². The van der Waals surface area contributed by atoms with Gasteiger partial charge in [-0.15, -0.1) is 0 Å². The Morgan fingerprint density at radius 2 is 1.55 bits per heavy atom. The molecule has 0 radical (unpaired) electrons. The van der Waals surface area contributed by atoms with Crippen LogP contribution in [0.1, 0.15) is 82.3 Å². The van der Waals surface area contributed by atoms with Gasteiger partial charge in [-0.25, -0.2) is 8.78 Å². The fourth-order valence-corrected chi connectivity index (χ4v) is 5.23. The van der Waals surface area contributed by atoms with Crippen molar-refractivity contribution in [2.24, 2.45) is 23.7 Å². The van der Waals surface area contributed by atoms with Crippen molar-refractivity contribution in [2.45, 2.75) is 71.1 Å². The first kappa shape index (κ1) is 21.6. The first-order valence-electron chi connectivity index (χ1n) is 11.2. The average molecular weight is 396 g/mol. The fraction of sp³-hybridized carbons (Fsp3) is 0.577. The van der Waals surface area contributed by atoms with Crippen LogP contribution in [0.4, 0.5) is 8.78 Å². The fourth-order valence-electron chi connectivity index (χ4n) is 5.23. The van der Waals surface area contributed by atoms with Gasteiger partial charge in [-0.05, 0) is 80.4 Å². The largest absolute Gasteiger partial charge is 0.205 e. The summed E-state index contributed by atoms with van der Waals surface area (Å²) in [4.78, 5) is 0. The zero-order valence-corrected chi connectivity index (χ0v) is 17.4. The second kappa shape index (κ2) is 10.6. The van der Waals surface area contributed by atoms with Crippen LogP contribution in [0.3, 0.4) is 0 Å². The summed E-state index contributed by atoms with van der Waals surface area (Å²) >= 11 is 0. The van der Waals surface area contributed by atoms with Crippen LogP contribution < -0.4 is 0 Å². The van der Waals surface area contributed by atoms with Gasteiger partial charge in [-0.1, -0.05) is 50.5 Å². The van der Waals surface area contributed by atoms with E-state index in [9.17, 15) is 8.78 Å². The molecule has 1 nitrogen and oxygen atoms in total. The lowest BCUT2D eigenvalue weighted by atomic mass is 9.69. The molecule has 3 rings (SSSR count). The molecule has 2 fully saturated rings. The number of benzene rings is 1. The van der Waals surface area contributed by atoms with E-state index in [1.165, 1.54) is 70.3 Å². The second-order valence-corrected chi connectivity index (χ2v) is 8.80. The molecule has 2 aliphatic rings. The van der Waals surface area contributed by atoms with E-state index in [1.807, 2.05) is 6.08 Å². The van der Waals surface area contributed by atoms with Crippen molar-refractivity contribution in [3.05, 3.63) is 47.0 Å². The van der Waals surface area contributed by atoms with Gasteiger partial charge in [-0.3, -0.25) is 0 Å². The lowest BCUT2D eigenvalue weighted by Gasteiger charge is -2.37. The van der Waals surface area contributed by atoms with Gasteiger partial charge < -0.3 is 0 Å². The molecule has 0 aromatic heterocycles. The van der Waals surface area contributed by atoms with Gasteiger partial charge >= 0.3 is 0 Å². The monoisotopic (exact) mass is 395 g/mol. The maximum absolute atomic E-state index is 13.6. The molecule has 2 saturated carbocycles. The Morgan fingerprint density at radius 3 is 2.10 bits per heavy atom. The lowest BCUT2D eigenvalue weighted by Crippen LogP contribution is -2.25.